The van der Waals surface area contributed by atoms with Crippen LogP contribution in [0.15, 0.2) is 29.0 Å². The van der Waals surface area contributed by atoms with Crippen LogP contribution in [0.5, 0.6) is 0 Å². The second-order valence-electron chi connectivity index (χ2n) is 3.02. The van der Waals surface area contributed by atoms with Crippen LogP contribution in [-0.2, 0) is 6.42 Å². The molecule has 0 spiro atoms. The molecule has 0 saturated carbocycles. The molecule has 0 aliphatic rings. The van der Waals surface area contributed by atoms with Gasteiger partial charge in [0, 0.05) is 16.3 Å². The van der Waals surface area contributed by atoms with E-state index in [2.05, 4.69) is 25.9 Å². The number of rotatable bonds is 2. The standard InChI is InChI=1S/C10H10BrN3/c11-7-1-2-8-9(3-4-12)13-6-14-10(8)5-7/h1-2,5-6H,3-4,12H2. The summed E-state index contributed by atoms with van der Waals surface area (Å²) in [4.78, 5) is 8.42. The Kier molecular flexibility index (Phi) is 2.74. The molecule has 0 unspecified atom stereocenters. The topological polar surface area (TPSA) is 51.8 Å². The second-order valence-corrected chi connectivity index (χ2v) is 3.94. The maximum atomic E-state index is 5.51. The zero-order valence-electron chi connectivity index (χ0n) is 7.57. The van der Waals surface area contributed by atoms with Crippen molar-refractivity contribution in [3.05, 3.63) is 34.7 Å². The Morgan fingerprint density at radius 3 is 2.93 bits per heavy atom. The Morgan fingerprint density at radius 2 is 2.14 bits per heavy atom. The highest BCUT2D eigenvalue weighted by atomic mass is 79.9. The van der Waals surface area contributed by atoms with Crippen molar-refractivity contribution < 1.29 is 0 Å². The van der Waals surface area contributed by atoms with Gasteiger partial charge in [-0.3, -0.25) is 0 Å². The second kappa shape index (κ2) is 4.02. The van der Waals surface area contributed by atoms with Crippen molar-refractivity contribution in [2.45, 2.75) is 6.42 Å². The quantitative estimate of drug-likeness (QED) is 0.887. The molecule has 4 heteroatoms. The molecule has 0 radical (unpaired) electrons. The number of nitrogens with two attached hydrogens (primary N) is 1. The number of hydrogen-bond donors (Lipinski definition) is 1. The van der Waals surface area contributed by atoms with Crippen molar-refractivity contribution >= 4 is 26.8 Å². The number of halogens is 1. The smallest absolute Gasteiger partial charge is 0.116 e. The third kappa shape index (κ3) is 1.76. The Balaban J connectivity index is 2.62. The van der Waals surface area contributed by atoms with Gasteiger partial charge in [-0.05, 0) is 24.7 Å². The zero-order chi connectivity index (χ0) is 9.97. The summed E-state index contributed by atoms with van der Waals surface area (Å²) in [5.74, 6) is 0. The molecule has 2 aromatic rings. The Bertz CT molecular complexity index is 456. The van der Waals surface area contributed by atoms with Crippen LogP contribution in [0.3, 0.4) is 0 Å². The van der Waals surface area contributed by atoms with E-state index >= 15 is 0 Å². The van der Waals surface area contributed by atoms with Gasteiger partial charge in [0.25, 0.3) is 0 Å². The van der Waals surface area contributed by atoms with Crippen LogP contribution in [0.25, 0.3) is 10.9 Å². The van der Waals surface area contributed by atoms with Gasteiger partial charge in [-0.15, -0.1) is 0 Å². The third-order valence-corrected chi connectivity index (χ3v) is 2.56. The Labute approximate surface area is 90.5 Å². The first-order valence-electron chi connectivity index (χ1n) is 4.40. The lowest BCUT2D eigenvalue weighted by Gasteiger charge is -2.03. The lowest BCUT2D eigenvalue weighted by atomic mass is 10.1. The number of nitrogens with zero attached hydrogens (tertiary/aromatic N) is 2. The van der Waals surface area contributed by atoms with E-state index < -0.39 is 0 Å². The van der Waals surface area contributed by atoms with Crippen LogP contribution < -0.4 is 5.73 Å². The van der Waals surface area contributed by atoms with E-state index in [1.807, 2.05) is 18.2 Å². The minimum atomic E-state index is 0.613. The first-order chi connectivity index (χ1) is 6.81. The van der Waals surface area contributed by atoms with Crippen molar-refractivity contribution in [1.29, 1.82) is 0 Å². The Hall–Kier alpha value is -1.000. The van der Waals surface area contributed by atoms with Gasteiger partial charge in [0.2, 0.25) is 0 Å². The van der Waals surface area contributed by atoms with Gasteiger partial charge >= 0.3 is 0 Å². The highest BCUT2D eigenvalue weighted by Crippen LogP contribution is 2.19. The zero-order valence-corrected chi connectivity index (χ0v) is 9.16. The predicted octanol–water partition coefficient (Wildman–Crippen LogP) is 1.89. The van der Waals surface area contributed by atoms with Gasteiger partial charge in [-0.25, -0.2) is 9.97 Å². The van der Waals surface area contributed by atoms with Crippen molar-refractivity contribution in [1.82, 2.24) is 9.97 Å². The molecule has 14 heavy (non-hydrogen) atoms. The maximum Gasteiger partial charge on any atom is 0.116 e. The molecular weight excluding hydrogens is 242 g/mol. The fourth-order valence-electron chi connectivity index (χ4n) is 1.42. The molecule has 1 aromatic carbocycles. The van der Waals surface area contributed by atoms with Gasteiger partial charge in [-0.1, -0.05) is 15.9 Å². The molecule has 0 bridgehead atoms. The molecular formula is C10H10BrN3. The van der Waals surface area contributed by atoms with Crippen LogP contribution in [0.4, 0.5) is 0 Å². The highest BCUT2D eigenvalue weighted by Gasteiger charge is 2.02. The summed E-state index contributed by atoms with van der Waals surface area (Å²) in [6, 6.07) is 5.99. The number of hydrogen-bond acceptors (Lipinski definition) is 3. The summed E-state index contributed by atoms with van der Waals surface area (Å²) in [6.45, 7) is 0.613. The van der Waals surface area contributed by atoms with Crippen LogP contribution in [-0.4, -0.2) is 16.5 Å². The monoisotopic (exact) mass is 251 g/mol. The average Bonchev–Trinajstić information content (AvgIpc) is 2.18. The molecule has 0 aliphatic carbocycles. The van der Waals surface area contributed by atoms with Gasteiger partial charge in [-0.2, -0.15) is 0 Å². The minimum absolute atomic E-state index is 0.613. The number of benzene rings is 1. The number of fused-ring (bicyclic) bond motifs is 1. The molecule has 3 nitrogen and oxygen atoms in total. The van der Waals surface area contributed by atoms with Crippen LogP contribution in [0, 0.1) is 0 Å². The Morgan fingerprint density at radius 1 is 1.29 bits per heavy atom. The summed E-state index contributed by atoms with van der Waals surface area (Å²) in [5.41, 5.74) is 7.49. The van der Waals surface area contributed by atoms with Crippen molar-refractivity contribution in [2.24, 2.45) is 5.73 Å². The van der Waals surface area contributed by atoms with Gasteiger partial charge in [0.1, 0.15) is 6.33 Å². The summed E-state index contributed by atoms with van der Waals surface area (Å²) in [6.07, 6.45) is 2.38. The normalized spacial score (nSPS) is 10.7. The molecule has 0 fully saturated rings. The van der Waals surface area contributed by atoms with Crippen molar-refractivity contribution in [3.8, 4) is 0 Å². The van der Waals surface area contributed by atoms with E-state index in [0.717, 1.165) is 27.5 Å². The van der Waals surface area contributed by atoms with E-state index in [9.17, 15) is 0 Å². The maximum absolute atomic E-state index is 5.51. The van der Waals surface area contributed by atoms with Crippen LogP contribution >= 0.6 is 15.9 Å². The molecule has 0 atom stereocenters. The largest absolute Gasteiger partial charge is 0.330 e. The van der Waals surface area contributed by atoms with Gasteiger partial charge in [0.15, 0.2) is 0 Å². The van der Waals surface area contributed by atoms with Crippen molar-refractivity contribution in [3.63, 3.8) is 0 Å². The van der Waals surface area contributed by atoms with Crippen molar-refractivity contribution in [2.75, 3.05) is 6.54 Å². The van der Waals surface area contributed by atoms with E-state index in [1.165, 1.54) is 0 Å². The lowest BCUT2D eigenvalue weighted by Crippen LogP contribution is -2.05. The third-order valence-electron chi connectivity index (χ3n) is 2.06. The van der Waals surface area contributed by atoms with Gasteiger partial charge in [0.05, 0.1) is 11.2 Å². The first-order valence-corrected chi connectivity index (χ1v) is 5.20. The minimum Gasteiger partial charge on any atom is -0.330 e. The molecule has 1 heterocycles. The van der Waals surface area contributed by atoms with E-state index in [1.54, 1.807) is 6.33 Å². The van der Waals surface area contributed by atoms with E-state index in [4.69, 9.17) is 5.73 Å². The average molecular weight is 252 g/mol. The van der Waals surface area contributed by atoms with Crippen LogP contribution in [0.2, 0.25) is 0 Å². The molecule has 0 aliphatic heterocycles. The van der Waals surface area contributed by atoms with E-state index in [-0.39, 0.29) is 0 Å². The fourth-order valence-corrected chi connectivity index (χ4v) is 1.77. The first kappa shape index (κ1) is 9.55. The molecule has 2 N–H and O–H groups in total. The summed E-state index contributed by atoms with van der Waals surface area (Å²) < 4.78 is 1.03. The van der Waals surface area contributed by atoms with E-state index in [0.29, 0.717) is 6.54 Å². The predicted molar refractivity (Wildman–Crippen MR) is 60.0 cm³/mol. The molecule has 72 valence electrons. The molecule has 0 amide bonds. The molecule has 1 aromatic heterocycles. The summed E-state index contributed by atoms with van der Waals surface area (Å²) >= 11 is 3.41. The summed E-state index contributed by atoms with van der Waals surface area (Å²) in [5, 5.41) is 1.08. The number of aromatic nitrogens is 2. The summed E-state index contributed by atoms with van der Waals surface area (Å²) in [7, 11) is 0. The highest BCUT2D eigenvalue weighted by molar-refractivity contribution is 9.10. The molecule has 0 saturated heterocycles. The SMILES string of the molecule is NCCc1ncnc2cc(Br)ccc12. The fraction of sp³-hybridized carbons (Fsp3) is 0.200. The van der Waals surface area contributed by atoms with Gasteiger partial charge < -0.3 is 5.73 Å². The van der Waals surface area contributed by atoms with Crippen LogP contribution in [0.1, 0.15) is 5.69 Å². The molecule has 2 rings (SSSR count). The lowest BCUT2D eigenvalue weighted by molar-refractivity contribution is 0.926.